The minimum atomic E-state index is -3.39. The molecule has 0 aliphatic heterocycles. The lowest BCUT2D eigenvalue weighted by molar-refractivity contribution is 0.445. The summed E-state index contributed by atoms with van der Waals surface area (Å²) in [7, 11) is -3.39. The highest BCUT2D eigenvalue weighted by molar-refractivity contribution is 7.89. The van der Waals surface area contributed by atoms with Gasteiger partial charge in [0.2, 0.25) is 10.0 Å². The lowest BCUT2D eigenvalue weighted by atomic mass is 10.2. The van der Waals surface area contributed by atoms with Crippen LogP contribution in [0.25, 0.3) is 0 Å². The fourth-order valence-electron chi connectivity index (χ4n) is 2.45. The summed E-state index contributed by atoms with van der Waals surface area (Å²) >= 11 is 5.86. The molecule has 2 rings (SSSR count). The van der Waals surface area contributed by atoms with Crippen LogP contribution in [0.3, 0.4) is 0 Å². The van der Waals surface area contributed by atoms with Crippen molar-refractivity contribution >= 4 is 21.6 Å². The molecule has 0 saturated carbocycles. The molecule has 2 aromatic carbocycles. The normalized spacial score (nSPS) is 11.8. The van der Waals surface area contributed by atoms with Crippen LogP contribution in [-0.2, 0) is 23.1 Å². The first kappa shape index (κ1) is 18.9. The summed E-state index contributed by atoms with van der Waals surface area (Å²) in [4.78, 5) is 0.340. The van der Waals surface area contributed by atoms with Crippen molar-refractivity contribution in [1.82, 2.24) is 9.62 Å². The van der Waals surface area contributed by atoms with Gasteiger partial charge in [-0.25, -0.2) is 8.42 Å². The Morgan fingerprint density at radius 3 is 1.79 bits per heavy atom. The van der Waals surface area contributed by atoms with Crippen LogP contribution < -0.4 is 5.32 Å². The van der Waals surface area contributed by atoms with E-state index in [0.717, 1.165) is 22.7 Å². The highest BCUT2D eigenvalue weighted by Crippen LogP contribution is 2.16. The number of nitrogens with one attached hydrogen (secondary N) is 1. The second-order valence-corrected chi connectivity index (χ2v) is 7.84. The standard InChI is InChI=1S/C18H23ClN2O2S/c1-3-21(4-2)24(22,23)18-11-7-16(8-12-18)14-20-13-15-5-9-17(19)10-6-15/h5-12,20H,3-4,13-14H2,1-2H3. The van der Waals surface area contributed by atoms with E-state index in [9.17, 15) is 8.42 Å². The number of nitrogens with zero attached hydrogens (tertiary/aromatic N) is 1. The molecule has 0 heterocycles. The number of halogens is 1. The van der Waals surface area contributed by atoms with Crippen LogP contribution in [0, 0.1) is 0 Å². The van der Waals surface area contributed by atoms with Crippen molar-refractivity contribution in [3.05, 3.63) is 64.7 Å². The van der Waals surface area contributed by atoms with Crippen molar-refractivity contribution in [2.45, 2.75) is 31.8 Å². The lowest BCUT2D eigenvalue weighted by Crippen LogP contribution is -2.30. The smallest absolute Gasteiger partial charge is 0.243 e. The van der Waals surface area contributed by atoms with Gasteiger partial charge in [-0.3, -0.25) is 0 Å². The van der Waals surface area contributed by atoms with Gasteiger partial charge in [-0.15, -0.1) is 0 Å². The van der Waals surface area contributed by atoms with Crippen LogP contribution in [0.5, 0.6) is 0 Å². The minimum absolute atomic E-state index is 0.340. The number of hydrogen-bond acceptors (Lipinski definition) is 3. The number of hydrogen-bond donors (Lipinski definition) is 1. The lowest BCUT2D eigenvalue weighted by Gasteiger charge is -2.18. The van der Waals surface area contributed by atoms with E-state index >= 15 is 0 Å². The topological polar surface area (TPSA) is 49.4 Å². The van der Waals surface area contributed by atoms with Crippen molar-refractivity contribution < 1.29 is 8.42 Å². The van der Waals surface area contributed by atoms with Gasteiger partial charge in [0.25, 0.3) is 0 Å². The average molecular weight is 367 g/mol. The molecule has 2 aromatic rings. The zero-order valence-electron chi connectivity index (χ0n) is 14.0. The monoisotopic (exact) mass is 366 g/mol. The second kappa shape index (κ2) is 8.62. The molecule has 0 spiro atoms. The van der Waals surface area contributed by atoms with Crippen molar-refractivity contribution in [2.75, 3.05) is 13.1 Å². The van der Waals surface area contributed by atoms with Crippen molar-refractivity contribution in [3.63, 3.8) is 0 Å². The van der Waals surface area contributed by atoms with Gasteiger partial charge in [0.15, 0.2) is 0 Å². The quantitative estimate of drug-likeness (QED) is 0.775. The zero-order valence-corrected chi connectivity index (χ0v) is 15.6. The van der Waals surface area contributed by atoms with Crippen LogP contribution in [0.4, 0.5) is 0 Å². The van der Waals surface area contributed by atoms with Gasteiger partial charge in [-0.05, 0) is 35.4 Å². The average Bonchev–Trinajstić information content (AvgIpc) is 2.58. The van der Waals surface area contributed by atoms with E-state index < -0.39 is 10.0 Å². The van der Waals surface area contributed by atoms with E-state index in [0.29, 0.717) is 24.5 Å². The molecule has 4 nitrogen and oxygen atoms in total. The molecule has 1 N–H and O–H groups in total. The second-order valence-electron chi connectivity index (χ2n) is 5.46. The van der Waals surface area contributed by atoms with Gasteiger partial charge in [0.1, 0.15) is 0 Å². The zero-order chi connectivity index (χ0) is 17.6. The molecule has 0 aliphatic rings. The van der Waals surface area contributed by atoms with Crippen LogP contribution in [0.2, 0.25) is 5.02 Å². The molecule has 24 heavy (non-hydrogen) atoms. The fraction of sp³-hybridized carbons (Fsp3) is 0.333. The van der Waals surface area contributed by atoms with Crippen LogP contribution in [0.1, 0.15) is 25.0 Å². The van der Waals surface area contributed by atoms with Crippen molar-refractivity contribution in [2.24, 2.45) is 0 Å². The van der Waals surface area contributed by atoms with E-state index in [2.05, 4.69) is 5.32 Å². The molecule has 0 aromatic heterocycles. The summed E-state index contributed by atoms with van der Waals surface area (Å²) < 4.78 is 26.3. The molecule has 0 bridgehead atoms. The van der Waals surface area contributed by atoms with Crippen molar-refractivity contribution in [1.29, 1.82) is 0 Å². The Balaban J connectivity index is 1.95. The summed E-state index contributed by atoms with van der Waals surface area (Å²) in [5.41, 5.74) is 2.20. The first-order valence-corrected chi connectivity index (χ1v) is 9.83. The third kappa shape index (κ3) is 4.80. The maximum absolute atomic E-state index is 12.4. The van der Waals surface area contributed by atoms with Crippen LogP contribution >= 0.6 is 11.6 Å². The van der Waals surface area contributed by atoms with Crippen LogP contribution in [0.15, 0.2) is 53.4 Å². The number of rotatable bonds is 8. The summed E-state index contributed by atoms with van der Waals surface area (Å²) in [5.74, 6) is 0. The Hall–Kier alpha value is -1.40. The summed E-state index contributed by atoms with van der Waals surface area (Å²) in [6.45, 7) is 6.05. The Labute approximate surface area is 149 Å². The Bertz CT molecular complexity index is 740. The van der Waals surface area contributed by atoms with Gasteiger partial charge in [-0.1, -0.05) is 49.7 Å². The summed E-state index contributed by atoms with van der Waals surface area (Å²) in [6, 6.07) is 14.7. The minimum Gasteiger partial charge on any atom is -0.309 e. The van der Waals surface area contributed by atoms with E-state index in [1.165, 1.54) is 4.31 Å². The largest absolute Gasteiger partial charge is 0.309 e. The number of benzene rings is 2. The number of sulfonamides is 1. The first-order chi connectivity index (χ1) is 11.5. The SMILES string of the molecule is CCN(CC)S(=O)(=O)c1ccc(CNCc2ccc(Cl)cc2)cc1. The van der Waals surface area contributed by atoms with Crippen LogP contribution in [-0.4, -0.2) is 25.8 Å². The summed E-state index contributed by atoms with van der Waals surface area (Å²) in [6.07, 6.45) is 0. The molecule has 0 amide bonds. The molecule has 130 valence electrons. The van der Waals surface area contributed by atoms with Gasteiger partial charge < -0.3 is 5.32 Å². The van der Waals surface area contributed by atoms with E-state index in [-0.39, 0.29) is 0 Å². The highest BCUT2D eigenvalue weighted by Gasteiger charge is 2.20. The van der Waals surface area contributed by atoms with Gasteiger partial charge in [0, 0.05) is 31.2 Å². The molecule has 0 atom stereocenters. The van der Waals surface area contributed by atoms with Crippen molar-refractivity contribution in [3.8, 4) is 0 Å². The fourth-order valence-corrected chi connectivity index (χ4v) is 4.03. The van der Waals surface area contributed by atoms with Gasteiger partial charge in [0.05, 0.1) is 4.90 Å². The Morgan fingerprint density at radius 2 is 1.33 bits per heavy atom. The van der Waals surface area contributed by atoms with E-state index in [1.54, 1.807) is 12.1 Å². The molecule has 0 radical (unpaired) electrons. The van der Waals surface area contributed by atoms with Gasteiger partial charge in [-0.2, -0.15) is 4.31 Å². The third-order valence-corrected chi connectivity index (χ3v) is 6.15. The van der Waals surface area contributed by atoms with Gasteiger partial charge >= 0.3 is 0 Å². The predicted molar refractivity (Wildman–Crippen MR) is 98.5 cm³/mol. The Kier molecular flexibility index (Phi) is 6.80. The molecular formula is C18H23ClN2O2S. The maximum Gasteiger partial charge on any atom is 0.243 e. The molecule has 0 fully saturated rings. The molecule has 0 unspecified atom stereocenters. The molecule has 6 heteroatoms. The Morgan fingerprint density at radius 1 is 0.875 bits per heavy atom. The van der Waals surface area contributed by atoms with E-state index in [1.807, 2.05) is 50.2 Å². The highest BCUT2D eigenvalue weighted by atomic mass is 35.5. The molecule has 0 saturated heterocycles. The summed E-state index contributed by atoms with van der Waals surface area (Å²) in [5, 5.41) is 4.06. The molecular weight excluding hydrogens is 344 g/mol. The molecule has 0 aliphatic carbocycles. The first-order valence-electron chi connectivity index (χ1n) is 8.01. The predicted octanol–water partition coefficient (Wildman–Crippen LogP) is 3.66. The third-order valence-electron chi connectivity index (χ3n) is 3.84. The maximum atomic E-state index is 12.4. The van der Waals surface area contributed by atoms with E-state index in [4.69, 9.17) is 11.6 Å².